The zero-order valence-electron chi connectivity index (χ0n) is 9.10. The molecule has 1 aromatic rings. The highest BCUT2D eigenvalue weighted by atomic mass is 16.5. The molecule has 1 rings (SSSR count). The van der Waals surface area contributed by atoms with Gasteiger partial charge in [-0.1, -0.05) is 18.7 Å². The lowest BCUT2D eigenvalue weighted by Crippen LogP contribution is -2.05. The van der Waals surface area contributed by atoms with Crippen LogP contribution in [-0.2, 0) is 0 Å². The predicted molar refractivity (Wildman–Crippen MR) is 60.3 cm³/mol. The summed E-state index contributed by atoms with van der Waals surface area (Å²) in [6.07, 6.45) is 1.55. The van der Waals surface area contributed by atoms with E-state index in [4.69, 9.17) is 14.6 Å². The van der Waals surface area contributed by atoms with E-state index in [-0.39, 0.29) is 17.9 Å². The van der Waals surface area contributed by atoms with Crippen molar-refractivity contribution in [2.75, 3.05) is 13.2 Å². The van der Waals surface area contributed by atoms with Gasteiger partial charge in [-0.2, -0.15) is 0 Å². The van der Waals surface area contributed by atoms with Crippen LogP contribution in [0.1, 0.15) is 17.3 Å². The fraction of sp³-hybridized carbons (Fsp3) is 0.250. The molecule has 4 nitrogen and oxygen atoms in total. The summed E-state index contributed by atoms with van der Waals surface area (Å²) in [5.41, 5.74) is 0.0906. The standard InChI is InChI=1S/C12H14O4/c1-3-8-16-11-9(12(13)14)6-5-7-10(11)15-4-2/h3,5-7H,1,4,8H2,2H3,(H,13,14). The van der Waals surface area contributed by atoms with Gasteiger partial charge in [0.1, 0.15) is 12.2 Å². The van der Waals surface area contributed by atoms with Crippen molar-refractivity contribution in [1.82, 2.24) is 0 Å². The minimum absolute atomic E-state index is 0.0906. The van der Waals surface area contributed by atoms with Crippen molar-refractivity contribution in [3.8, 4) is 11.5 Å². The van der Waals surface area contributed by atoms with Crippen molar-refractivity contribution in [2.24, 2.45) is 0 Å². The molecule has 0 heterocycles. The highest BCUT2D eigenvalue weighted by molar-refractivity contribution is 5.92. The third-order valence-corrected chi connectivity index (χ3v) is 1.85. The van der Waals surface area contributed by atoms with Gasteiger partial charge in [0.25, 0.3) is 0 Å². The molecular weight excluding hydrogens is 208 g/mol. The molecule has 0 fully saturated rings. The molecule has 0 unspecified atom stereocenters. The summed E-state index contributed by atoms with van der Waals surface area (Å²) < 4.78 is 10.6. The van der Waals surface area contributed by atoms with Crippen LogP contribution in [0.15, 0.2) is 30.9 Å². The topological polar surface area (TPSA) is 55.8 Å². The van der Waals surface area contributed by atoms with E-state index in [0.29, 0.717) is 12.4 Å². The minimum Gasteiger partial charge on any atom is -0.490 e. The Morgan fingerprint density at radius 2 is 2.25 bits per heavy atom. The molecule has 0 aromatic heterocycles. The Balaban J connectivity index is 3.11. The summed E-state index contributed by atoms with van der Waals surface area (Å²) in [6, 6.07) is 4.77. The Hall–Kier alpha value is -1.97. The van der Waals surface area contributed by atoms with Crippen LogP contribution in [0.2, 0.25) is 0 Å². The maximum atomic E-state index is 11.0. The molecule has 0 aliphatic rings. The first kappa shape index (κ1) is 12.1. The summed E-state index contributed by atoms with van der Waals surface area (Å²) in [5, 5.41) is 9.00. The third-order valence-electron chi connectivity index (χ3n) is 1.85. The number of benzene rings is 1. The Bertz CT molecular complexity index is 385. The molecule has 0 amide bonds. The first-order valence-electron chi connectivity index (χ1n) is 4.93. The molecule has 0 saturated heterocycles. The average molecular weight is 222 g/mol. The van der Waals surface area contributed by atoms with E-state index >= 15 is 0 Å². The van der Waals surface area contributed by atoms with Crippen LogP contribution in [0.25, 0.3) is 0 Å². The van der Waals surface area contributed by atoms with Gasteiger partial charge < -0.3 is 14.6 Å². The van der Waals surface area contributed by atoms with Gasteiger partial charge in [-0.05, 0) is 19.1 Å². The summed E-state index contributed by atoms with van der Waals surface area (Å²) >= 11 is 0. The molecule has 86 valence electrons. The smallest absolute Gasteiger partial charge is 0.339 e. The normalized spacial score (nSPS) is 9.56. The number of aromatic carboxylic acids is 1. The Labute approximate surface area is 94.1 Å². The van der Waals surface area contributed by atoms with Crippen LogP contribution < -0.4 is 9.47 Å². The van der Waals surface area contributed by atoms with Gasteiger partial charge in [-0.3, -0.25) is 0 Å². The van der Waals surface area contributed by atoms with Crippen molar-refractivity contribution in [2.45, 2.75) is 6.92 Å². The van der Waals surface area contributed by atoms with Gasteiger partial charge >= 0.3 is 5.97 Å². The van der Waals surface area contributed by atoms with Crippen molar-refractivity contribution in [3.63, 3.8) is 0 Å². The second-order valence-corrected chi connectivity index (χ2v) is 2.97. The van der Waals surface area contributed by atoms with Crippen LogP contribution in [0.3, 0.4) is 0 Å². The number of carboxylic acids is 1. The molecule has 0 radical (unpaired) electrons. The largest absolute Gasteiger partial charge is 0.490 e. The fourth-order valence-electron chi connectivity index (χ4n) is 1.24. The molecular formula is C12H14O4. The molecule has 0 aliphatic heterocycles. The molecule has 1 aromatic carbocycles. The number of hydrogen-bond acceptors (Lipinski definition) is 3. The second kappa shape index (κ2) is 5.80. The molecule has 0 saturated carbocycles. The van der Waals surface area contributed by atoms with Crippen molar-refractivity contribution in [3.05, 3.63) is 36.4 Å². The van der Waals surface area contributed by atoms with Crippen LogP contribution in [0, 0.1) is 0 Å². The molecule has 0 atom stereocenters. The van der Waals surface area contributed by atoms with Crippen molar-refractivity contribution in [1.29, 1.82) is 0 Å². The Kier molecular flexibility index (Phi) is 4.39. The van der Waals surface area contributed by atoms with Gasteiger partial charge in [-0.15, -0.1) is 0 Å². The van der Waals surface area contributed by atoms with Gasteiger partial charge in [0.05, 0.1) is 6.61 Å². The number of ether oxygens (including phenoxy) is 2. The number of carbonyl (C=O) groups is 1. The predicted octanol–water partition coefficient (Wildman–Crippen LogP) is 2.35. The van der Waals surface area contributed by atoms with Gasteiger partial charge in [0, 0.05) is 0 Å². The lowest BCUT2D eigenvalue weighted by Gasteiger charge is -2.12. The third kappa shape index (κ3) is 2.76. The highest BCUT2D eigenvalue weighted by Crippen LogP contribution is 2.31. The average Bonchev–Trinajstić information content (AvgIpc) is 2.27. The number of hydrogen-bond donors (Lipinski definition) is 1. The van der Waals surface area contributed by atoms with Gasteiger partial charge in [0.2, 0.25) is 0 Å². The van der Waals surface area contributed by atoms with Gasteiger partial charge in [-0.25, -0.2) is 4.79 Å². The minimum atomic E-state index is -1.04. The van der Waals surface area contributed by atoms with Crippen LogP contribution >= 0.6 is 0 Å². The molecule has 0 aliphatic carbocycles. The molecule has 0 spiro atoms. The Morgan fingerprint density at radius 3 is 2.81 bits per heavy atom. The number of carboxylic acid groups (broad SMARTS) is 1. The zero-order chi connectivity index (χ0) is 12.0. The first-order valence-corrected chi connectivity index (χ1v) is 4.93. The van der Waals surface area contributed by atoms with E-state index < -0.39 is 5.97 Å². The quantitative estimate of drug-likeness (QED) is 0.750. The summed E-state index contributed by atoms with van der Waals surface area (Å²) in [7, 11) is 0. The second-order valence-electron chi connectivity index (χ2n) is 2.97. The molecule has 16 heavy (non-hydrogen) atoms. The maximum Gasteiger partial charge on any atom is 0.339 e. The zero-order valence-corrected chi connectivity index (χ0v) is 9.10. The van der Waals surface area contributed by atoms with Crippen LogP contribution in [0.5, 0.6) is 11.5 Å². The summed E-state index contributed by atoms with van der Waals surface area (Å²) in [5.74, 6) is -0.360. The monoisotopic (exact) mass is 222 g/mol. The number of rotatable bonds is 6. The highest BCUT2D eigenvalue weighted by Gasteiger charge is 2.15. The summed E-state index contributed by atoms with van der Waals surface area (Å²) in [4.78, 5) is 11.0. The van der Waals surface area contributed by atoms with Crippen molar-refractivity contribution < 1.29 is 19.4 Å². The maximum absolute atomic E-state index is 11.0. The Morgan fingerprint density at radius 1 is 1.50 bits per heavy atom. The van der Waals surface area contributed by atoms with E-state index in [9.17, 15) is 4.79 Å². The summed E-state index contributed by atoms with van der Waals surface area (Å²) in [6.45, 7) is 6.03. The van der Waals surface area contributed by atoms with E-state index in [1.54, 1.807) is 18.2 Å². The number of para-hydroxylation sites is 1. The van der Waals surface area contributed by atoms with Gasteiger partial charge in [0.15, 0.2) is 11.5 Å². The van der Waals surface area contributed by atoms with E-state index in [0.717, 1.165) is 0 Å². The lowest BCUT2D eigenvalue weighted by molar-refractivity contribution is 0.0692. The molecule has 1 N–H and O–H groups in total. The molecule has 4 heteroatoms. The van der Waals surface area contributed by atoms with Crippen LogP contribution in [-0.4, -0.2) is 24.3 Å². The van der Waals surface area contributed by atoms with E-state index in [2.05, 4.69) is 6.58 Å². The van der Waals surface area contributed by atoms with Crippen molar-refractivity contribution >= 4 is 5.97 Å². The fourth-order valence-corrected chi connectivity index (χ4v) is 1.24. The van der Waals surface area contributed by atoms with Crippen LogP contribution in [0.4, 0.5) is 0 Å². The first-order chi connectivity index (χ1) is 7.70. The van der Waals surface area contributed by atoms with E-state index in [1.165, 1.54) is 6.07 Å². The molecule has 0 bridgehead atoms. The SMILES string of the molecule is C=CCOc1c(OCC)cccc1C(=O)O. The lowest BCUT2D eigenvalue weighted by atomic mass is 10.2. The van der Waals surface area contributed by atoms with E-state index in [1.807, 2.05) is 6.92 Å².